The topological polar surface area (TPSA) is 0 Å². The van der Waals surface area contributed by atoms with Crippen LogP contribution >= 0.6 is 11.3 Å². The van der Waals surface area contributed by atoms with Gasteiger partial charge < -0.3 is 0 Å². The normalized spacial score (nSPS) is 16.1. The van der Waals surface area contributed by atoms with Gasteiger partial charge in [0.05, 0.1) is 0 Å². The summed E-state index contributed by atoms with van der Waals surface area (Å²) in [5.74, 6) is 0. The number of fused-ring (bicyclic) bond motifs is 1. The molecule has 0 aromatic carbocycles. The van der Waals surface area contributed by atoms with Crippen molar-refractivity contribution in [1.29, 1.82) is 0 Å². The number of aryl methyl sites for hydroxylation is 2. The first-order valence-corrected chi connectivity index (χ1v) is 4.32. The largest absolute Gasteiger partial charge is 0.149 e. The maximum Gasteiger partial charge on any atom is 0.00490 e. The van der Waals surface area contributed by atoms with Gasteiger partial charge in [-0.1, -0.05) is 0 Å². The zero-order valence-corrected chi connectivity index (χ0v) is 6.42. The first-order chi connectivity index (χ1) is 4.38. The Morgan fingerprint density at radius 3 is 3.11 bits per heavy atom. The average Bonchev–Trinajstić information content (AvgIpc) is 2.35. The summed E-state index contributed by atoms with van der Waals surface area (Å²) in [5, 5.41) is 2.32. The molecule has 0 bridgehead atoms. The molecule has 0 aliphatic heterocycles. The molecule has 1 aliphatic rings. The molecule has 2 rings (SSSR count). The Hall–Kier alpha value is -0.300. The molecule has 0 fully saturated rings. The molecule has 9 heavy (non-hydrogen) atoms. The van der Waals surface area contributed by atoms with Crippen molar-refractivity contribution in [1.82, 2.24) is 0 Å². The highest BCUT2D eigenvalue weighted by Gasteiger charge is 2.13. The van der Waals surface area contributed by atoms with Crippen molar-refractivity contribution < 1.29 is 0 Å². The van der Waals surface area contributed by atoms with E-state index in [2.05, 4.69) is 12.3 Å². The SMILES string of the molecule is Cc1scc2c1CCC2. The highest BCUT2D eigenvalue weighted by atomic mass is 32.1. The van der Waals surface area contributed by atoms with Gasteiger partial charge >= 0.3 is 0 Å². The summed E-state index contributed by atoms with van der Waals surface area (Å²) in [7, 11) is 0. The fourth-order valence-corrected chi connectivity index (χ4v) is 2.48. The van der Waals surface area contributed by atoms with Gasteiger partial charge in [-0.25, -0.2) is 0 Å². The summed E-state index contributed by atoms with van der Waals surface area (Å²) in [6, 6.07) is 0. The van der Waals surface area contributed by atoms with Crippen LogP contribution in [0.4, 0.5) is 0 Å². The third kappa shape index (κ3) is 0.715. The molecule has 1 heterocycles. The monoisotopic (exact) mass is 138 g/mol. The number of rotatable bonds is 0. The van der Waals surface area contributed by atoms with Crippen LogP contribution in [-0.4, -0.2) is 0 Å². The second kappa shape index (κ2) is 1.84. The lowest BCUT2D eigenvalue weighted by atomic mass is 10.2. The summed E-state index contributed by atoms with van der Waals surface area (Å²) >= 11 is 1.91. The lowest BCUT2D eigenvalue weighted by Crippen LogP contribution is -1.74. The fourth-order valence-electron chi connectivity index (χ4n) is 1.53. The lowest BCUT2D eigenvalue weighted by Gasteiger charge is -1.87. The van der Waals surface area contributed by atoms with E-state index in [9.17, 15) is 0 Å². The second-order valence-electron chi connectivity index (χ2n) is 2.65. The summed E-state index contributed by atoms with van der Waals surface area (Å²) in [6.45, 7) is 2.23. The highest BCUT2D eigenvalue weighted by molar-refractivity contribution is 7.10. The van der Waals surface area contributed by atoms with E-state index >= 15 is 0 Å². The Morgan fingerprint density at radius 1 is 1.44 bits per heavy atom. The molecule has 0 saturated carbocycles. The van der Waals surface area contributed by atoms with Crippen molar-refractivity contribution in [3.63, 3.8) is 0 Å². The molecular formula is C8H10S. The molecule has 1 aromatic heterocycles. The van der Waals surface area contributed by atoms with Crippen molar-refractivity contribution in [2.45, 2.75) is 26.2 Å². The van der Waals surface area contributed by atoms with Crippen molar-refractivity contribution in [3.05, 3.63) is 21.4 Å². The number of hydrogen-bond acceptors (Lipinski definition) is 1. The molecule has 1 aliphatic carbocycles. The molecule has 0 atom stereocenters. The number of thiophene rings is 1. The van der Waals surface area contributed by atoms with Gasteiger partial charge in [-0.05, 0) is 42.7 Å². The molecule has 0 amide bonds. The summed E-state index contributed by atoms with van der Waals surface area (Å²) in [5.41, 5.74) is 3.28. The maximum absolute atomic E-state index is 2.32. The van der Waals surface area contributed by atoms with E-state index < -0.39 is 0 Å². The van der Waals surface area contributed by atoms with Crippen LogP contribution in [0.15, 0.2) is 5.38 Å². The molecule has 0 radical (unpaired) electrons. The molecule has 0 N–H and O–H groups in total. The van der Waals surface area contributed by atoms with Crippen LogP contribution in [0.1, 0.15) is 22.4 Å². The third-order valence-electron chi connectivity index (χ3n) is 2.06. The molecule has 0 nitrogen and oxygen atoms in total. The van der Waals surface area contributed by atoms with Crippen LogP contribution < -0.4 is 0 Å². The Kier molecular flexibility index (Phi) is 1.12. The minimum atomic E-state index is 1.33. The maximum atomic E-state index is 2.32. The van der Waals surface area contributed by atoms with Crippen LogP contribution in [-0.2, 0) is 12.8 Å². The smallest absolute Gasteiger partial charge is 0.00490 e. The minimum absolute atomic E-state index is 1.33. The van der Waals surface area contributed by atoms with E-state index in [1.807, 2.05) is 11.3 Å². The quantitative estimate of drug-likeness (QED) is 0.517. The predicted octanol–water partition coefficient (Wildman–Crippen LogP) is 2.55. The summed E-state index contributed by atoms with van der Waals surface area (Å²) in [6.07, 6.45) is 4.06. The van der Waals surface area contributed by atoms with Gasteiger partial charge in [-0.15, -0.1) is 11.3 Å². The first-order valence-electron chi connectivity index (χ1n) is 3.44. The molecule has 0 saturated heterocycles. The van der Waals surface area contributed by atoms with Crippen LogP contribution in [0.3, 0.4) is 0 Å². The van der Waals surface area contributed by atoms with Crippen molar-refractivity contribution in [2.24, 2.45) is 0 Å². The van der Waals surface area contributed by atoms with E-state index in [0.717, 1.165) is 0 Å². The van der Waals surface area contributed by atoms with E-state index in [1.165, 1.54) is 19.3 Å². The first kappa shape index (κ1) is 5.48. The van der Waals surface area contributed by atoms with Gasteiger partial charge in [0.15, 0.2) is 0 Å². The second-order valence-corrected chi connectivity index (χ2v) is 3.73. The van der Waals surface area contributed by atoms with Crippen molar-refractivity contribution in [3.8, 4) is 0 Å². The van der Waals surface area contributed by atoms with Gasteiger partial charge in [0.2, 0.25) is 0 Å². The standard InChI is InChI=1S/C8H10S/c1-6-8-4-2-3-7(8)5-9-6/h5H,2-4H2,1H3. The van der Waals surface area contributed by atoms with Gasteiger partial charge in [0.1, 0.15) is 0 Å². The molecule has 48 valence electrons. The Labute approximate surface area is 59.5 Å². The van der Waals surface area contributed by atoms with E-state index in [-0.39, 0.29) is 0 Å². The van der Waals surface area contributed by atoms with E-state index in [1.54, 1.807) is 16.0 Å². The van der Waals surface area contributed by atoms with Crippen molar-refractivity contribution >= 4 is 11.3 Å². The van der Waals surface area contributed by atoms with E-state index in [4.69, 9.17) is 0 Å². The fraction of sp³-hybridized carbons (Fsp3) is 0.500. The predicted molar refractivity (Wildman–Crippen MR) is 41.1 cm³/mol. The van der Waals surface area contributed by atoms with Crippen LogP contribution in [0, 0.1) is 6.92 Å². The number of hydrogen-bond donors (Lipinski definition) is 0. The minimum Gasteiger partial charge on any atom is -0.149 e. The summed E-state index contributed by atoms with van der Waals surface area (Å²) < 4.78 is 0. The molecule has 0 spiro atoms. The zero-order valence-electron chi connectivity index (χ0n) is 5.61. The average molecular weight is 138 g/mol. The Morgan fingerprint density at radius 2 is 2.33 bits per heavy atom. The highest BCUT2D eigenvalue weighted by Crippen LogP contribution is 2.29. The zero-order chi connectivity index (χ0) is 6.27. The van der Waals surface area contributed by atoms with E-state index in [0.29, 0.717) is 0 Å². The van der Waals surface area contributed by atoms with Crippen LogP contribution in [0.2, 0.25) is 0 Å². The van der Waals surface area contributed by atoms with Crippen molar-refractivity contribution in [2.75, 3.05) is 0 Å². The molecule has 1 aromatic rings. The molecule has 0 unspecified atom stereocenters. The van der Waals surface area contributed by atoms with Gasteiger partial charge in [-0.2, -0.15) is 0 Å². The van der Waals surface area contributed by atoms with Crippen LogP contribution in [0.25, 0.3) is 0 Å². The van der Waals surface area contributed by atoms with Crippen LogP contribution in [0.5, 0.6) is 0 Å². The molecule has 1 heteroatoms. The summed E-state index contributed by atoms with van der Waals surface area (Å²) in [4.78, 5) is 1.54. The lowest BCUT2D eigenvalue weighted by molar-refractivity contribution is 0.909. The van der Waals surface area contributed by atoms with Gasteiger partial charge in [0, 0.05) is 4.88 Å². The Balaban J connectivity index is 2.56. The third-order valence-corrected chi connectivity index (χ3v) is 3.07. The van der Waals surface area contributed by atoms with Gasteiger partial charge in [0.25, 0.3) is 0 Å². The Bertz CT molecular complexity index is 222. The molecular weight excluding hydrogens is 128 g/mol. The van der Waals surface area contributed by atoms with Gasteiger partial charge in [-0.3, -0.25) is 0 Å².